The second-order valence-electron chi connectivity index (χ2n) is 26.2. The molecule has 76 heavy (non-hydrogen) atoms. The zero-order valence-corrected chi connectivity index (χ0v) is 53.9. The van der Waals surface area contributed by atoms with Gasteiger partial charge in [-0.25, -0.2) is 0 Å². The predicted octanol–water partition coefficient (Wildman–Crippen LogP) is 29.7. The quantitative estimate of drug-likeness (QED) is 0.0421. The summed E-state index contributed by atoms with van der Waals surface area (Å²) in [7, 11) is 0. The van der Waals surface area contributed by atoms with Crippen molar-refractivity contribution < 1.29 is 0 Å². The molecule has 0 nitrogen and oxygen atoms in total. The van der Waals surface area contributed by atoms with Crippen molar-refractivity contribution in [3.05, 3.63) is 12.7 Å². The first-order chi connectivity index (χ1) is 37.9. The van der Waals surface area contributed by atoms with Crippen LogP contribution < -0.4 is 0 Å². The third kappa shape index (κ3) is 73.7. The maximum absolute atomic E-state index is 3.82. The van der Waals surface area contributed by atoms with Crippen LogP contribution in [-0.4, -0.2) is 0 Å². The van der Waals surface area contributed by atoms with Gasteiger partial charge in [0.25, 0.3) is 0 Å². The summed E-state index contributed by atoms with van der Waals surface area (Å²) < 4.78 is 0. The van der Waals surface area contributed by atoms with E-state index in [0.29, 0.717) is 0 Å². The molecule has 0 rings (SSSR count). The largest absolute Gasteiger partial charge is 0.103 e. The molecule has 0 saturated heterocycles. The van der Waals surface area contributed by atoms with E-state index in [4.69, 9.17) is 0 Å². The highest BCUT2D eigenvalue weighted by atomic mass is 14.1. The summed E-state index contributed by atoms with van der Waals surface area (Å²) in [5.41, 5.74) is 0. The third-order valence-electron chi connectivity index (χ3n) is 18.3. The molecule has 0 spiro atoms. The summed E-state index contributed by atoms with van der Waals surface area (Å²) in [4.78, 5) is 0. The predicted molar refractivity (Wildman–Crippen MR) is 353 cm³/mol. The van der Waals surface area contributed by atoms with Crippen LogP contribution in [0.25, 0.3) is 0 Å². The zero-order chi connectivity index (χ0) is 54.3. The van der Waals surface area contributed by atoms with E-state index in [1.54, 1.807) is 0 Å². The van der Waals surface area contributed by atoms with E-state index in [1.807, 2.05) is 0 Å². The van der Waals surface area contributed by atoms with E-state index in [-0.39, 0.29) is 0 Å². The molecule has 0 unspecified atom stereocenters. The molecule has 0 bridgehead atoms. The molecule has 0 aromatic heterocycles. The van der Waals surface area contributed by atoms with Crippen molar-refractivity contribution in [3.63, 3.8) is 0 Å². The molecule has 0 radical (unpaired) electrons. The molecule has 0 atom stereocenters. The summed E-state index contributed by atoms with van der Waals surface area (Å²) >= 11 is 0. The van der Waals surface area contributed by atoms with Gasteiger partial charge in [0.15, 0.2) is 0 Å². The van der Waals surface area contributed by atoms with Gasteiger partial charge in [-0.05, 0) is 12.8 Å². The monoisotopic (exact) mass is 1070 g/mol. The highest BCUT2D eigenvalue weighted by Crippen LogP contribution is 2.21. The minimum Gasteiger partial charge on any atom is -0.103 e. The number of hydrogen-bond acceptors (Lipinski definition) is 0. The second kappa shape index (κ2) is 74.7. The first-order valence-corrected chi connectivity index (χ1v) is 37.5. The molecule has 0 saturated carbocycles. The van der Waals surface area contributed by atoms with Crippen LogP contribution in [0.4, 0.5) is 0 Å². The zero-order valence-electron chi connectivity index (χ0n) is 53.9. The lowest BCUT2D eigenvalue weighted by molar-refractivity contribution is 0.506. The Bertz CT molecular complexity index is 948. The number of allylic oxidation sites excluding steroid dienone is 1. The standard InChI is InChI=1S/C76H152/c1-3-5-7-9-11-13-15-17-19-21-23-25-27-29-31-33-35-37-39-41-43-45-47-49-51-53-55-57-59-61-63-65-67-69-71-73-75-76-74-72-70-68-66-64-62-60-58-56-54-52-50-48-46-44-42-40-38-36-34-32-30-28-26-24-22-20-18-16-14-12-10-8-6-4-2/h3H,1,4-76H2,2H3. The van der Waals surface area contributed by atoms with E-state index < -0.39 is 0 Å². The van der Waals surface area contributed by atoms with Gasteiger partial charge in [-0.3, -0.25) is 0 Å². The summed E-state index contributed by atoms with van der Waals surface area (Å²) in [6.07, 6.45) is 110. The maximum atomic E-state index is 3.82. The molecule has 0 heteroatoms. The van der Waals surface area contributed by atoms with Gasteiger partial charge in [0, 0.05) is 0 Å². The molecule has 0 aromatic carbocycles. The summed E-state index contributed by atoms with van der Waals surface area (Å²) in [6, 6.07) is 0. The van der Waals surface area contributed by atoms with Crippen LogP contribution in [0.5, 0.6) is 0 Å². The molecule has 0 heterocycles. The van der Waals surface area contributed by atoms with E-state index in [1.165, 1.54) is 469 Å². The van der Waals surface area contributed by atoms with Crippen molar-refractivity contribution in [1.82, 2.24) is 0 Å². The maximum Gasteiger partial charge on any atom is -0.0353 e. The lowest BCUT2D eigenvalue weighted by Crippen LogP contribution is -1.85. The van der Waals surface area contributed by atoms with Crippen molar-refractivity contribution in [2.75, 3.05) is 0 Å². The van der Waals surface area contributed by atoms with Crippen LogP contribution in [0.1, 0.15) is 476 Å². The SMILES string of the molecule is C=CCCCCCCCCCCCCCCCCCCCCCCCCCCCCCCCCCCCCCCCCCCCCCCCCCCCCCCCCCCCCCCCCCCCCCCCCCC. The lowest BCUT2D eigenvalue weighted by Gasteiger charge is -2.05. The smallest absolute Gasteiger partial charge is 0.0353 e. The third-order valence-corrected chi connectivity index (χ3v) is 18.3. The highest BCUT2D eigenvalue weighted by Gasteiger charge is 2.01. The van der Waals surface area contributed by atoms with E-state index in [9.17, 15) is 0 Å². The molecule has 0 aliphatic heterocycles. The molecular formula is C76H152. The average molecular weight is 1070 g/mol. The van der Waals surface area contributed by atoms with E-state index >= 15 is 0 Å². The fourth-order valence-corrected chi connectivity index (χ4v) is 12.7. The van der Waals surface area contributed by atoms with Gasteiger partial charge >= 0.3 is 0 Å². The Kier molecular flexibility index (Phi) is 74.5. The topological polar surface area (TPSA) is 0 Å². The van der Waals surface area contributed by atoms with Gasteiger partial charge in [0.2, 0.25) is 0 Å². The molecule has 0 aliphatic rings. The van der Waals surface area contributed by atoms with Crippen LogP contribution in [0.2, 0.25) is 0 Å². The Balaban J connectivity index is 3.08. The van der Waals surface area contributed by atoms with Crippen molar-refractivity contribution in [2.24, 2.45) is 0 Å². The normalized spacial score (nSPS) is 11.7. The Labute approximate surface area is 485 Å². The minimum absolute atomic E-state index is 1.21. The van der Waals surface area contributed by atoms with Gasteiger partial charge < -0.3 is 0 Å². The van der Waals surface area contributed by atoms with Gasteiger partial charge in [-0.2, -0.15) is 0 Å². The number of hydrogen-bond donors (Lipinski definition) is 0. The first-order valence-electron chi connectivity index (χ1n) is 37.5. The van der Waals surface area contributed by atoms with Crippen LogP contribution in [0.3, 0.4) is 0 Å². The number of rotatable bonds is 73. The van der Waals surface area contributed by atoms with Crippen molar-refractivity contribution in [1.29, 1.82) is 0 Å². The number of unbranched alkanes of at least 4 members (excludes halogenated alkanes) is 72. The molecule has 456 valence electrons. The van der Waals surface area contributed by atoms with Crippen molar-refractivity contribution in [2.45, 2.75) is 476 Å². The Morgan fingerprint density at radius 3 is 0.289 bits per heavy atom. The van der Waals surface area contributed by atoms with Gasteiger partial charge in [0.1, 0.15) is 0 Å². The van der Waals surface area contributed by atoms with Crippen LogP contribution >= 0.6 is 0 Å². The molecule has 0 amide bonds. The fourth-order valence-electron chi connectivity index (χ4n) is 12.7. The van der Waals surface area contributed by atoms with Crippen LogP contribution in [-0.2, 0) is 0 Å². The molecular weight excluding hydrogens is 913 g/mol. The van der Waals surface area contributed by atoms with E-state index in [2.05, 4.69) is 19.6 Å². The molecule has 0 aliphatic carbocycles. The van der Waals surface area contributed by atoms with Crippen LogP contribution in [0, 0.1) is 0 Å². The van der Waals surface area contributed by atoms with Gasteiger partial charge in [-0.1, -0.05) is 469 Å². The Morgan fingerprint density at radius 1 is 0.132 bits per heavy atom. The second-order valence-corrected chi connectivity index (χ2v) is 26.2. The lowest BCUT2D eigenvalue weighted by atomic mass is 10.0. The summed E-state index contributed by atoms with van der Waals surface area (Å²) in [6.45, 7) is 6.14. The summed E-state index contributed by atoms with van der Waals surface area (Å²) in [5, 5.41) is 0. The van der Waals surface area contributed by atoms with Crippen molar-refractivity contribution >= 4 is 0 Å². The fraction of sp³-hybridized carbons (Fsp3) is 0.974. The van der Waals surface area contributed by atoms with Crippen LogP contribution in [0.15, 0.2) is 12.7 Å². The minimum atomic E-state index is 1.21. The molecule has 0 aromatic rings. The first kappa shape index (κ1) is 75.7. The average Bonchev–Trinajstić information content (AvgIpc) is 3.43. The van der Waals surface area contributed by atoms with Gasteiger partial charge in [0.05, 0.1) is 0 Å². The summed E-state index contributed by atoms with van der Waals surface area (Å²) in [5.74, 6) is 0. The van der Waals surface area contributed by atoms with E-state index in [0.717, 1.165) is 0 Å². The Morgan fingerprint density at radius 2 is 0.211 bits per heavy atom. The Hall–Kier alpha value is -0.260. The van der Waals surface area contributed by atoms with Gasteiger partial charge in [-0.15, -0.1) is 6.58 Å². The van der Waals surface area contributed by atoms with Crippen molar-refractivity contribution in [3.8, 4) is 0 Å². The molecule has 0 fully saturated rings. The highest BCUT2D eigenvalue weighted by molar-refractivity contribution is 4.65. The molecule has 0 N–H and O–H groups in total.